The molecule has 0 unspecified atom stereocenters. The first-order chi connectivity index (χ1) is 8.84. The van der Waals surface area contributed by atoms with Gasteiger partial charge >= 0.3 is 0 Å². The first-order valence-electron chi connectivity index (χ1n) is 6.38. The summed E-state index contributed by atoms with van der Waals surface area (Å²) in [6.07, 6.45) is 0. The molecule has 0 atom stereocenters. The molecule has 2 aromatic rings. The van der Waals surface area contributed by atoms with Crippen LogP contribution in [-0.4, -0.2) is 42.3 Å². The van der Waals surface area contributed by atoms with Crippen LogP contribution in [0, 0.1) is 0 Å². The van der Waals surface area contributed by atoms with E-state index in [1.54, 1.807) is 0 Å². The van der Waals surface area contributed by atoms with Crippen molar-refractivity contribution in [3.8, 4) is 0 Å². The van der Waals surface area contributed by atoms with Crippen LogP contribution in [0.5, 0.6) is 0 Å². The quantitative estimate of drug-likeness (QED) is 0.848. The van der Waals surface area contributed by atoms with E-state index in [0.717, 1.165) is 44.5 Å². The Labute approximate surface area is 112 Å². The Morgan fingerprint density at radius 2 is 1.89 bits per heavy atom. The van der Waals surface area contributed by atoms with Gasteiger partial charge in [-0.2, -0.15) is 0 Å². The maximum Gasteiger partial charge on any atom is 0.110 e. The van der Waals surface area contributed by atoms with E-state index in [9.17, 15) is 0 Å². The molecule has 1 aromatic carbocycles. The number of nitrogens with zero attached hydrogens (tertiary/aromatic N) is 2. The second kappa shape index (κ2) is 5.31. The molecule has 1 fully saturated rings. The highest BCUT2D eigenvalue weighted by atomic mass is 35.5. The molecular weight excluding hydrogens is 248 g/mol. The second-order valence-corrected chi connectivity index (χ2v) is 5.02. The minimum atomic E-state index is 0.824. The van der Waals surface area contributed by atoms with Gasteiger partial charge in [0.1, 0.15) is 5.15 Å². The van der Waals surface area contributed by atoms with E-state index in [2.05, 4.69) is 27.7 Å². The van der Waals surface area contributed by atoms with Gasteiger partial charge in [0.05, 0.1) is 13.2 Å². The molecule has 3 rings (SSSR count). The number of hydrogen-bond donors (Lipinski definition) is 0. The smallest absolute Gasteiger partial charge is 0.110 e. The van der Waals surface area contributed by atoms with Crippen molar-refractivity contribution in [2.24, 2.45) is 0 Å². The maximum atomic E-state index is 6.31. The molecule has 3 nitrogen and oxygen atoms in total. The Hall–Kier alpha value is -1.03. The second-order valence-electron chi connectivity index (χ2n) is 4.63. The lowest BCUT2D eigenvalue weighted by atomic mass is 10.2. The van der Waals surface area contributed by atoms with Gasteiger partial charge in [0.2, 0.25) is 0 Å². The van der Waals surface area contributed by atoms with E-state index in [-0.39, 0.29) is 0 Å². The topological polar surface area (TPSA) is 17.4 Å². The summed E-state index contributed by atoms with van der Waals surface area (Å²) in [4.78, 5) is 2.43. The Morgan fingerprint density at radius 1 is 1.11 bits per heavy atom. The van der Waals surface area contributed by atoms with Crippen molar-refractivity contribution in [1.82, 2.24) is 9.47 Å². The van der Waals surface area contributed by atoms with Gasteiger partial charge in [-0.1, -0.05) is 29.8 Å². The van der Waals surface area contributed by atoms with Gasteiger partial charge in [0, 0.05) is 37.1 Å². The number of para-hydroxylation sites is 1. The number of ether oxygens (including phenoxy) is 1. The molecule has 1 aromatic heterocycles. The third-order valence-corrected chi connectivity index (χ3v) is 3.82. The van der Waals surface area contributed by atoms with Crippen LogP contribution >= 0.6 is 11.6 Å². The lowest BCUT2D eigenvalue weighted by Gasteiger charge is -2.26. The molecule has 96 valence electrons. The number of halogens is 1. The van der Waals surface area contributed by atoms with E-state index >= 15 is 0 Å². The van der Waals surface area contributed by atoms with E-state index in [0.29, 0.717) is 0 Å². The number of benzene rings is 1. The predicted octanol–water partition coefficient (Wildman–Crippen LogP) is 2.63. The Balaban J connectivity index is 1.75. The minimum Gasteiger partial charge on any atom is -0.379 e. The fourth-order valence-electron chi connectivity index (χ4n) is 2.47. The molecule has 0 N–H and O–H groups in total. The molecule has 2 heterocycles. The third-order valence-electron chi connectivity index (χ3n) is 3.50. The van der Waals surface area contributed by atoms with Gasteiger partial charge in [0.25, 0.3) is 0 Å². The lowest BCUT2D eigenvalue weighted by molar-refractivity contribution is 0.0365. The summed E-state index contributed by atoms with van der Waals surface area (Å²) in [5, 5.41) is 2.04. The summed E-state index contributed by atoms with van der Waals surface area (Å²) in [5.41, 5.74) is 1.22. The molecular formula is C14H17ClN2O. The molecule has 0 radical (unpaired) electrons. The molecule has 0 spiro atoms. The van der Waals surface area contributed by atoms with Crippen molar-refractivity contribution >= 4 is 22.5 Å². The van der Waals surface area contributed by atoms with Crippen LogP contribution in [0.4, 0.5) is 0 Å². The zero-order valence-electron chi connectivity index (χ0n) is 10.3. The Kier molecular flexibility index (Phi) is 3.55. The third kappa shape index (κ3) is 2.39. The lowest BCUT2D eigenvalue weighted by Crippen LogP contribution is -2.38. The standard InChI is InChI=1S/C14H17ClN2O/c15-14-11-12-3-1-2-4-13(12)17(14)6-5-16-7-9-18-10-8-16/h1-4,11H,5-10H2. The number of morpholine rings is 1. The van der Waals surface area contributed by atoms with Gasteiger partial charge in [-0.3, -0.25) is 4.90 Å². The van der Waals surface area contributed by atoms with Crippen molar-refractivity contribution in [3.05, 3.63) is 35.5 Å². The number of fused-ring (bicyclic) bond motifs is 1. The van der Waals surface area contributed by atoms with Crippen molar-refractivity contribution in [2.45, 2.75) is 6.54 Å². The molecule has 0 amide bonds. The van der Waals surface area contributed by atoms with Gasteiger partial charge in [-0.15, -0.1) is 0 Å². The fourth-order valence-corrected chi connectivity index (χ4v) is 2.76. The Morgan fingerprint density at radius 3 is 2.72 bits per heavy atom. The number of hydrogen-bond acceptors (Lipinski definition) is 2. The molecule has 4 heteroatoms. The van der Waals surface area contributed by atoms with Gasteiger partial charge in [0.15, 0.2) is 0 Å². The largest absolute Gasteiger partial charge is 0.379 e. The van der Waals surface area contributed by atoms with Crippen molar-refractivity contribution < 1.29 is 4.74 Å². The van der Waals surface area contributed by atoms with E-state index < -0.39 is 0 Å². The van der Waals surface area contributed by atoms with E-state index in [1.807, 2.05) is 12.1 Å². The van der Waals surface area contributed by atoms with Crippen LogP contribution in [0.2, 0.25) is 5.15 Å². The summed E-state index contributed by atoms with van der Waals surface area (Å²) in [6.45, 7) is 5.71. The van der Waals surface area contributed by atoms with Crippen LogP contribution in [-0.2, 0) is 11.3 Å². The first kappa shape index (κ1) is 12.0. The molecule has 18 heavy (non-hydrogen) atoms. The highest BCUT2D eigenvalue weighted by molar-refractivity contribution is 6.30. The average molecular weight is 265 g/mol. The molecule has 0 aliphatic carbocycles. The fraction of sp³-hybridized carbons (Fsp3) is 0.429. The van der Waals surface area contributed by atoms with Crippen LogP contribution in [0.1, 0.15) is 0 Å². The SMILES string of the molecule is Clc1cc2ccccc2n1CCN1CCOCC1. The number of aromatic nitrogens is 1. The van der Waals surface area contributed by atoms with E-state index in [4.69, 9.17) is 16.3 Å². The predicted molar refractivity (Wildman–Crippen MR) is 74.2 cm³/mol. The zero-order valence-corrected chi connectivity index (χ0v) is 11.1. The summed E-state index contributed by atoms with van der Waals surface area (Å²) in [7, 11) is 0. The molecule has 1 saturated heterocycles. The minimum absolute atomic E-state index is 0.824. The molecule has 0 saturated carbocycles. The Bertz CT molecular complexity index is 532. The highest BCUT2D eigenvalue weighted by Crippen LogP contribution is 2.23. The maximum absolute atomic E-state index is 6.31. The highest BCUT2D eigenvalue weighted by Gasteiger charge is 2.12. The van der Waals surface area contributed by atoms with Crippen LogP contribution in [0.15, 0.2) is 30.3 Å². The monoisotopic (exact) mass is 264 g/mol. The number of rotatable bonds is 3. The van der Waals surface area contributed by atoms with Gasteiger partial charge in [-0.25, -0.2) is 0 Å². The van der Waals surface area contributed by atoms with Crippen LogP contribution < -0.4 is 0 Å². The molecule has 1 aliphatic heterocycles. The summed E-state index contributed by atoms with van der Waals surface area (Å²) in [5.74, 6) is 0. The van der Waals surface area contributed by atoms with Gasteiger partial charge < -0.3 is 9.30 Å². The summed E-state index contributed by atoms with van der Waals surface area (Å²) < 4.78 is 7.54. The van der Waals surface area contributed by atoms with Gasteiger partial charge in [-0.05, 0) is 12.1 Å². The summed E-state index contributed by atoms with van der Waals surface area (Å²) >= 11 is 6.31. The van der Waals surface area contributed by atoms with Crippen molar-refractivity contribution in [1.29, 1.82) is 0 Å². The van der Waals surface area contributed by atoms with Crippen molar-refractivity contribution in [3.63, 3.8) is 0 Å². The summed E-state index contributed by atoms with van der Waals surface area (Å²) in [6, 6.07) is 10.4. The normalized spacial score (nSPS) is 17.4. The van der Waals surface area contributed by atoms with Crippen LogP contribution in [0.3, 0.4) is 0 Å². The molecule has 1 aliphatic rings. The molecule has 0 bridgehead atoms. The van der Waals surface area contributed by atoms with E-state index in [1.165, 1.54) is 10.9 Å². The van der Waals surface area contributed by atoms with Crippen LogP contribution in [0.25, 0.3) is 10.9 Å². The average Bonchev–Trinajstić information content (AvgIpc) is 2.73. The first-order valence-corrected chi connectivity index (χ1v) is 6.76. The zero-order chi connectivity index (χ0) is 12.4. The van der Waals surface area contributed by atoms with Crippen molar-refractivity contribution in [2.75, 3.05) is 32.8 Å².